The van der Waals surface area contributed by atoms with Gasteiger partial charge in [-0.2, -0.15) is 0 Å². The average Bonchev–Trinajstić information content (AvgIpc) is 2.95. The second-order valence-corrected chi connectivity index (χ2v) is 5.99. The molecule has 1 unspecified atom stereocenters. The lowest BCUT2D eigenvalue weighted by Crippen LogP contribution is -2.09. The highest BCUT2D eigenvalue weighted by Gasteiger charge is 2.44. The van der Waals surface area contributed by atoms with E-state index < -0.39 is 5.82 Å². The highest BCUT2D eigenvalue weighted by atomic mass is 19.1. The predicted octanol–water partition coefficient (Wildman–Crippen LogP) is 3.65. The van der Waals surface area contributed by atoms with Crippen LogP contribution in [0.25, 0.3) is 0 Å². The lowest BCUT2D eigenvalue weighted by Gasteiger charge is -2.13. The maximum Gasteiger partial charge on any atom is 0.167 e. The molecule has 1 fully saturated rings. The molecule has 0 heterocycles. The molecule has 3 N–H and O–H groups in total. The summed E-state index contributed by atoms with van der Waals surface area (Å²) in [6, 6.07) is 2.99. The molecule has 19 heavy (non-hydrogen) atoms. The molecule has 2 rings (SSSR count). The number of nitrogens with two attached hydrogens (primary N) is 1. The Hall–Kier alpha value is -1.45. The van der Waals surface area contributed by atoms with Gasteiger partial charge in [-0.05, 0) is 24.2 Å². The number of hydrogen-bond donors (Lipinski definition) is 2. The number of hydrogen-bond acceptors (Lipinski definition) is 3. The number of halogens is 1. The van der Waals surface area contributed by atoms with Gasteiger partial charge >= 0.3 is 0 Å². The molecular weight excluding hydrogens is 243 g/mol. The number of benzene rings is 1. The van der Waals surface area contributed by atoms with E-state index in [4.69, 9.17) is 10.5 Å². The van der Waals surface area contributed by atoms with Gasteiger partial charge in [0.1, 0.15) is 0 Å². The first-order valence-electron chi connectivity index (χ1n) is 6.89. The van der Waals surface area contributed by atoms with Crippen molar-refractivity contribution in [1.82, 2.24) is 0 Å². The maximum absolute atomic E-state index is 13.7. The largest absolute Gasteiger partial charge is 0.490 e. The van der Waals surface area contributed by atoms with Gasteiger partial charge in [0.25, 0.3) is 0 Å². The van der Waals surface area contributed by atoms with E-state index in [1.807, 2.05) is 6.92 Å². The highest BCUT2D eigenvalue weighted by molar-refractivity contribution is 5.68. The number of nitrogen functional groups attached to an aromatic ring is 1. The van der Waals surface area contributed by atoms with Gasteiger partial charge in [-0.15, -0.1) is 0 Å². The Balaban J connectivity index is 2.02. The molecule has 1 atom stereocenters. The monoisotopic (exact) mass is 266 g/mol. The van der Waals surface area contributed by atoms with E-state index in [2.05, 4.69) is 19.2 Å². The van der Waals surface area contributed by atoms with Crippen molar-refractivity contribution in [2.75, 3.05) is 24.2 Å². The summed E-state index contributed by atoms with van der Waals surface area (Å²) in [6.07, 6.45) is 2.07. The Labute approximate surface area is 114 Å². The Morgan fingerprint density at radius 3 is 2.74 bits per heavy atom. The molecular formula is C15H23FN2O. The van der Waals surface area contributed by atoms with Crippen molar-refractivity contribution in [1.29, 1.82) is 0 Å². The van der Waals surface area contributed by atoms with E-state index in [0.717, 1.165) is 18.7 Å². The van der Waals surface area contributed by atoms with Crippen molar-refractivity contribution in [3.05, 3.63) is 17.9 Å². The van der Waals surface area contributed by atoms with Crippen molar-refractivity contribution in [2.24, 2.45) is 11.3 Å². The zero-order valence-corrected chi connectivity index (χ0v) is 11.9. The van der Waals surface area contributed by atoms with Crippen LogP contribution in [-0.2, 0) is 0 Å². The molecule has 1 aliphatic carbocycles. The quantitative estimate of drug-likeness (QED) is 0.773. The van der Waals surface area contributed by atoms with E-state index in [9.17, 15) is 4.39 Å². The maximum atomic E-state index is 13.7. The van der Waals surface area contributed by atoms with Gasteiger partial charge in [-0.3, -0.25) is 0 Å². The van der Waals surface area contributed by atoms with Crippen LogP contribution in [0.2, 0.25) is 0 Å². The third kappa shape index (κ3) is 3.31. The summed E-state index contributed by atoms with van der Waals surface area (Å²) in [4.78, 5) is 0. The lowest BCUT2D eigenvalue weighted by atomic mass is 10.1. The molecule has 1 aromatic rings. The second-order valence-electron chi connectivity index (χ2n) is 5.99. The zero-order valence-electron chi connectivity index (χ0n) is 11.9. The summed E-state index contributed by atoms with van der Waals surface area (Å²) in [5.41, 5.74) is 7.44. The Morgan fingerprint density at radius 1 is 1.47 bits per heavy atom. The first kappa shape index (κ1) is 14.0. The summed E-state index contributed by atoms with van der Waals surface area (Å²) in [5, 5.41) is 3.30. The normalized spacial score (nSPS) is 20.1. The van der Waals surface area contributed by atoms with Gasteiger partial charge in [-0.1, -0.05) is 20.8 Å². The van der Waals surface area contributed by atoms with Gasteiger partial charge in [0.05, 0.1) is 18.0 Å². The van der Waals surface area contributed by atoms with E-state index in [0.29, 0.717) is 23.6 Å². The topological polar surface area (TPSA) is 47.3 Å². The Kier molecular flexibility index (Phi) is 3.88. The van der Waals surface area contributed by atoms with Gasteiger partial charge in [-0.25, -0.2) is 4.39 Å². The molecule has 0 aromatic heterocycles. The predicted molar refractivity (Wildman–Crippen MR) is 77.0 cm³/mol. The zero-order chi connectivity index (χ0) is 14.0. The summed E-state index contributed by atoms with van der Waals surface area (Å²) >= 11 is 0. The van der Waals surface area contributed by atoms with E-state index in [1.54, 1.807) is 6.07 Å². The summed E-state index contributed by atoms with van der Waals surface area (Å²) in [7, 11) is 0. The molecule has 0 saturated heterocycles. The molecule has 0 radical (unpaired) electrons. The van der Waals surface area contributed by atoms with Crippen molar-refractivity contribution >= 4 is 11.4 Å². The van der Waals surface area contributed by atoms with Gasteiger partial charge in [0, 0.05) is 18.7 Å². The lowest BCUT2D eigenvalue weighted by molar-refractivity contribution is 0.301. The van der Waals surface area contributed by atoms with E-state index in [1.165, 1.54) is 12.5 Å². The van der Waals surface area contributed by atoms with Crippen LogP contribution in [0.15, 0.2) is 12.1 Å². The van der Waals surface area contributed by atoms with Crippen LogP contribution in [0.4, 0.5) is 15.8 Å². The first-order valence-corrected chi connectivity index (χ1v) is 6.89. The summed E-state index contributed by atoms with van der Waals surface area (Å²) in [6.45, 7) is 7.88. The molecule has 106 valence electrons. The first-order chi connectivity index (χ1) is 8.94. The van der Waals surface area contributed by atoms with Crippen LogP contribution >= 0.6 is 0 Å². The third-order valence-electron chi connectivity index (χ3n) is 3.82. The molecule has 4 heteroatoms. The minimum Gasteiger partial charge on any atom is -0.490 e. The van der Waals surface area contributed by atoms with Crippen molar-refractivity contribution in [3.8, 4) is 5.75 Å². The second kappa shape index (κ2) is 5.27. The molecule has 1 saturated carbocycles. The third-order valence-corrected chi connectivity index (χ3v) is 3.82. The smallest absolute Gasteiger partial charge is 0.167 e. The van der Waals surface area contributed by atoms with Crippen LogP contribution in [0.1, 0.15) is 33.6 Å². The number of ether oxygens (including phenoxy) is 1. The molecule has 0 amide bonds. The molecule has 0 spiro atoms. The van der Waals surface area contributed by atoms with E-state index >= 15 is 0 Å². The molecule has 1 aliphatic rings. The SMILES string of the molecule is CCCOc1cc(NCC2CC2(C)C)c(N)cc1F. The minimum atomic E-state index is -0.400. The van der Waals surface area contributed by atoms with E-state index in [-0.39, 0.29) is 5.75 Å². The fourth-order valence-electron chi connectivity index (χ4n) is 2.20. The Bertz CT molecular complexity index is 460. The number of rotatable bonds is 6. The van der Waals surface area contributed by atoms with Crippen molar-refractivity contribution < 1.29 is 9.13 Å². The van der Waals surface area contributed by atoms with Crippen LogP contribution in [0.5, 0.6) is 5.75 Å². The fourth-order valence-corrected chi connectivity index (χ4v) is 2.20. The molecule has 0 bridgehead atoms. The average molecular weight is 266 g/mol. The van der Waals surface area contributed by atoms with Crippen LogP contribution in [0.3, 0.4) is 0 Å². The van der Waals surface area contributed by atoms with Gasteiger partial charge < -0.3 is 15.8 Å². The van der Waals surface area contributed by atoms with Crippen LogP contribution in [-0.4, -0.2) is 13.2 Å². The summed E-state index contributed by atoms with van der Waals surface area (Å²) in [5.74, 6) is 0.536. The number of nitrogens with one attached hydrogen (secondary N) is 1. The van der Waals surface area contributed by atoms with Crippen LogP contribution in [0, 0.1) is 17.2 Å². The Morgan fingerprint density at radius 2 is 2.16 bits per heavy atom. The minimum absolute atomic E-state index is 0.272. The van der Waals surface area contributed by atoms with Crippen molar-refractivity contribution in [3.63, 3.8) is 0 Å². The molecule has 1 aromatic carbocycles. The molecule has 0 aliphatic heterocycles. The van der Waals surface area contributed by atoms with Gasteiger partial charge in [0.15, 0.2) is 11.6 Å². The van der Waals surface area contributed by atoms with Crippen LogP contribution < -0.4 is 15.8 Å². The summed E-state index contributed by atoms with van der Waals surface area (Å²) < 4.78 is 19.0. The highest BCUT2D eigenvalue weighted by Crippen LogP contribution is 2.51. The van der Waals surface area contributed by atoms with Gasteiger partial charge in [0.2, 0.25) is 0 Å². The standard InChI is InChI=1S/C15H23FN2O/c1-4-5-19-14-7-13(12(17)6-11(14)16)18-9-10-8-15(10,2)3/h6-7,10,18H,4-5,8-9,17H2,1-3H3. The number of anilines is 2. The van der Waals surface area contributed by atoms with Crippen molar-refractivity contribution in [2.45, 2.75) is 33.6 Å². The fraction of sp³-hybridized carbons (Fsp3) is 0.600. The molecule has 3 nitrogen and oxygen atoms in total.